The Morgan fingerprint density at radius 3 is 1.83 bits per heavy atom. The van der Waals surface area contributed by atoms with Crippen molar-refractivity contribution in [3.8, 4) is 33.8 Å². The van der Waals surface area contributed by atoms with Crippen LogP contribution in [0.25, 0.3) is 95.0 Å². The van der Waals surface area contributed by atoms with E-state index in [2.05, 4.69) is 190 Å². The number of fused-ring (bicyclic) bond motifs is 6. The average Bonchev–Trinajstić information content (AvgIpc) is 3.32. The third-order valence-corrected chi connectivity index (χ3v) is 11.6. The van der Waals surface area contributed by atoms with Crippen molar-refractivity contribution in [2.24, 2.45) is 0 Å². The van der Waals surface area contributed by atoms with Gasteiger partial charge in [0.1, 0.15) is 0 Å². The fourth-order valence-electron chi connectivity index (χ4n) is 8.48. The highest BCUT2D eigenvalue weighted by molar-refractivity contribution is 6.25. The molecule has 1 aromatic heterocycles. The molecular weight excluding hydrogens is 725 g/mol. The van der Waals surface area contributed by atoms with E-state index in [1.54, 1.807) is 0 Å². The molecular formula is C58H46N2. The zero-order valence-corrected chi connectivity index (χ0v) is 34.2. The number of rotatable bonds is 10. The van der Waals surface area contributed by atoms with Crippen LogP contribution in [0.15, 0.2) is 195 Å². The van der Waals surface area contributed by atoms with Crippen molar-refractivity contribution in [3.63, 3.8) is 0 Å². The fraction of sp³-hybridized carbons (Fsp3) is 0.0690. The Morgan fingerprint density at radius 2 is 1.17 bits per heavy atom. The van der Waals surface area contributed by atoms with Crippen LogP contribution >= 0.6 is 0 Å². The third kappa shape index (κ3) is 7.40. The van der Waals surface area contributed by atoms with Crippen molar-refractivity contribution >= 4 is 61.2 Å². The molecule has 0 bridgehead atoms. The Bertz CT molecular complexity index is 3080. The van der Waals surface area contributed by atoms with Gasteiger partial charge in [0.2, 0.25) is 0 Å². The summed E-state index contributed by atoms with van der Waals surface area (Å²) in [5.41, 5.74) is 14.2. The first kappa shape index (κ1) is 38.1. The van der Waals surface area contributed by atoms with E-state index >= 15 is 0 Å². The fourth-order valence-corrected chi connectivity index (χ4v) is 8.48. The molecule has 1 heterocycles. The summed E-state index contributed by atoms with van der Waals surface area (Å²) in [6.45, 7) is 12.2. The molecule has 0 saturated heterocycles. The summed E-state index contributed by atoms with van der Waals surface area (Å²) < 4.78 is 0. The van der Waals surface area contributed by atoms with E-state index < -0.39 is 0 Å². The van der Waals surface area contributed by atoms with E-state index in [1.807, 2.05) is 31.2 Å². The van der Waals surface area contributed by atoms with Crippen molar-refractivity contribution in [2.75, 3.05) is 0 Å². The number of hydrogen-bond acceptors (Lipinski definition) is 2. The maximum absolute atomic E-state index is 5.28. The molecule has 0 unspecified atom stereocenters. The van der Waals surface area contributed by atoms with Crippen molar-refractivity contribution in [1.82, 2.24) is 9.97 Å². The maximum atomic E-state index is 5.28. The number of nitrogens with zero attached hydrogens (tertiary/aromatic N) is 2. The summed E-state index contributed by atoms with van der Waals surface area (Å²) in [5.74, 6) is 0.695. The zero-order chi connectivity index (χ0) is 41.0. The molecule has 0 atom stereocenters. The van der Waals surface area contributed by atoms with Gasteiger partial charge < -0.3 is 0 Å². The Kier molecular flexibility index (Phi) is 10.7. The molecule has 288 valence electrons. The summed E-state index contributed by atoms with van der Waals surface area (Å²) >= 11 is 0. The molecule has 0 fully saturated rings. The minimum atomic E-state index is 0.695. The number of aromatic nitrogens is 2. The Labute approximate surface area is 353 Å². The molecule has 0 amide bonds. The van der Waals surface area contributed by atoms with Gasteiger partial charge in [-0.3, -0.25) is 0 Å². The minimum Gasteiger partial charge on any atom is -0.228 e. The standard InChI is InChI=1S/C58H46N2/c1-5-9-16-39(7-3)41-24-28-43(29-25-41)56-38-57(49-18-14-17-46(36-49)47-32-23-40(8-4)45(35-47)15-6-2)60-58(59-56)44-30-26-42(27-31-44)48-33-34-54-52-21-11-10-19-50(52)51-20-12-13-22-53(51)55(54)37-48/h5-13,15-16,18-38H,3-4,14,17H2,1-2H3/b9-5-,15-6-,39-16+. The molecule has 2 nitrogen and oxygen atoms in total. The predicted octanol–water partition coefficient (Wildman–Crippen LogP) is 16.0. The molecule has 2 heteroatoms. The minimum absolute atomic E-state index is 0.695. The molecule has 8 aromatic rings. The van der Waals surface area contributed by atoms with Crippen LogP contribution in [0.3, 0.4) is 0 Å². The molecule has 1 aliphatic rings. The molecule has 0 spiro atoms. The van der Waals surface area contributed by atoms with Crippen molar-refractivity contribution < 1.29 is 0 Å². The lowest BCUT2D eigenvalue weighted by Gasteiger charge is -2.17. The smallest absolute Gasteiger partial charge is 0.160 e. The monoisotopic (exact) mass is 770 g/mol. The van der Waals surface area contributed by atoms with Crippen LogP contribution in [0, 0.1) is 0 Å². The second-order valence-electron chi connectivity index (χ2n) is 15.2. The Morgan fingerprint density at radius 1 is 0.550 bits per heavy atom. The largest absolute Gasteiger partial charge is 0.228 e. The average molecular weight is 771 g/mol. The van der Waals surface area contributed by atoms with E-state index in [9.17, 15) is 0 Å². The van der Waals surface area contributed by atoms with Crippen LogP contribution in [-0.4, -0.2) is 9.97 Å². The first-order valence-corrected chi connectivity index (χ1v) is 20.7. The van der Waals surface area contributed by atoms with Crippen LogP contribution in [0.4, 0.5) is 0 Å². The highest BCUT2D eigenvalue weighted by Crippen LogP contribution is 2.38. The maximum Gasteiger partial charge on any atom is 0.160 e. The lowest BCUT2D eigenvalue weighted by molar-refractivity contribution is 1.05. The van der Waals surface area contributed by atoms with Crippen LogP contribution in [0.2, 0.25) is 0 Å². The molecule has 1 aliphatic carbocycles. The molecule has 7 aromatic carbocycles. The Balaban J connectivity index is 1.12. The molecule has 0 N–H and O–H groups in total. The Hall–Kier alpha value is -7.42. The quantitative estimate of drug-likeness (QED) is 0.102. The second-order valence-corrected chi connectivity index (χ2v) is 15.2. The van der Waals surface area contributed by atoms with E-state index in [0.717, 1.165) is 63.2 Å². The molecule has 9 rings (SSSR count). The first-order chi connectivity index (χ1) is 29.5. The van der Waals surface area contributed by atoms with Gasteiger partial charge in [-0.25, -0.2) is 9.97 Å². The molecule has 0 radical (unpaired) electrons. The summed E-state index contributed by atoms with van der Waals surface area (Å²) in [4.78, 5) is 10.5. The number of hydrogen-bond donors (Lipinski definition) is 0. The zero-order valence-electron chi connectivity index (χ0n) is 34.2. The summed E-state index contributed by atoms with van der Waals surface area (Å²) in [5, 5.41) is 7.64. The van der Waals surface area contributed by atoms with Crippen molar-refractivity contribution in [3.05, 3.63) is 223 Å². The van der Waals surface area contributed by atoms with Gasteiger partial charge in [-0.05, 0) is 133 Å². The van der Waals surface area contributed by atoms with Crippen LogP contribution in [0.1, 0.15) is 54.6 Å². The van der Waals surface area contributed by atoms with E-state index in [1.165, 1.54) is 54.6 Å². The molecule has 0 saturated carbocycles. The van der Waals surface area contributed by atoms with E-state index in [0.29, 0.717) is 5.82 Å². The van der Waals surface area contributed by atoms with Gasteiger partial charge in [0.25, 0.3) is 0 Å². The van der Waals surface area contributed by atoms with Gasteiger partial charge in [-0.15, -0.1) is 0 Å². The van der Waals surface area contributed by atoms with Crippen molar-refractivity contribution in [1.29, 1.82) is 0 Å². The summed E-state index contributed by atoms with van der Waals surface area (Å²) in [6.07, 6.45) is 20.7. The van der Waals surface area contributed by atoms with Gasteiger partial charge in [0, 0.05) is 11.1 Å². The van der Waals surface area contributed by atoms with Crippen LogP contribution in [0.5, 0.6) is 0 Å². The SMILES string of the molecule is C=C/C(=C\C=C/C)c1ccc(-c2cc(C3=CCCC(c4ccc(C=C)c(/C=C\C)c4)=C3)nc(-c3ccc(-c4ccc5c6ccccc6c6ccccc6c5c4)cc3)n2)cc1. The predicted molar refractivity (Wildman–Crippen MR) is 260 cm³/mol. The molecule has 60 heavy (non-hydrogen) atoms. The van der Waals surface area contributed by atoms with Gasteiger partial charge in [-0.2, -0.15) is 0 Å². The van der Waals surface area contributed by atoms with Crippen molar-refractivity contribution in [2.45, 2.75) is 26.7 Å². The highest BCUT2D eigenvalue weighted by atomic mass is 14.9. The molecule has 0 aliphatic heterocycles. The number of benzene rings is 7. The lowest BCUT2D eigenvalue weighted by Crippen LogP contribution is -2.00. The topological polar surface area (TPSA) is 25.8 Å². The summed E-state index contributed by atoms with van der Waals surface area (Å²) in [7, 11) is 0. The second kappa shape index (κ2) is 16.8. The highest BCUT2D eigenvalue weighted by Gasteiger charge is 2.17. The van der Waals surface area contributed by atoms with Crippen LogP contribution in [-0.2, 0) is 0 Å². The summed E-state index contributed by atoms with van der Waals surface area (Å²) in [6, 6.07) is 50.4. The van der Waals surface area contributed by atoms with E-state index in [-0.39, 0.29) is 0 Å². The van der Waals surface area contributed by atoms with Gasteiger partial charge in [0.05, 0.1) is 11.4 Å². The normalized spacial score (nSPS) is 13.3. The first-order valence-electron chi connectivity index (χ1n) is 20.7. The van der Waals surface area contributed by atoms with E-state index in [4.69, 9.17) is 9.97 Å². The lowest BCUT2D eigenvalue weighted by atomic mass is 9.90. The van der Waals surface area contributed by atoms with Gasteiger partial charge in [-0.1, -0.05) is 183 Å². The van der Waals surface area contributed by atoms with Gasteiger partial charge in [0.15, 0.2) is 5.82 Å². The number of allylic oxidation sites excluding steroid dienone is 10. The third-order valence-electron chi connectivity index (χ3n) is 11.6. The van der Waals surface area contributed by atoms with Crippen LogP contribution < -0.4 is 0 Å². The van der Waals surface area contributed by atoms with Gasteiger partial charge >= 0.3 is 0 Å².